The number of nitrogens with zero attached hydrogens (tertiary/aromatic N) is 2. The number of amides is 1. The molecule has 162 valence electrons. The van der Waals surface area contributed by atoms with Crippen LogP contribution < -0.4 is 5.32 Å². The average molecular weight is 428 g/mol. The summed E-state index contributed by atoms with van der Waals surface area (Å²) in [7, 11) is 0. The van der Waals surface area contributed by atoms with E-state index in [4.69, 9.17) is 4.42 Å². The summed E-state index contributed by atoms with van der Waals surface area (Å²) < 4.78 is 6.17. The van der Waals surface area contributed by atoms with Crippen molar-refractivity contribution in [1.29, 1.82) is 0 Å². The fourth-order valence-electron chi connectivity index (χ4n) is 9.58. The highest BCUT2D eigenvalue weighted by molar-refractivity contribution is 7.99. The lowest BCUT2D eigenvalue weighted by Crippen LogP contribution is -2.60. The van der Waals surface area contributed by atoms with Crippen LogP contribution in [0.3, 0.4) is 0 Å². The molecule has 1 heterocycles. The predicted molar refractivity (Wildman–Crippen MR) is 114 cm³/mol. The number of thioether (sulfide) groups is 1. The Hall–Kier alpha value is -1.04. The summed E-state index contributed by atoms with van der Waals surface area (Å²) in [6.45, 7) is 0. The molecule has 0 aliphatic heterocycles. The van der Waals surface area contributed by atoms with Gasteiger partial charge < -0.3 is 9.73 Å². The second kappa shape index (κ2) is 6.49. The molecule has 9 rings (SSSR count). The van der Waals surface area contributed by atoms with Gasteiger partial charge in [-0.05, 0) is 113 Å². The van der Waals surface area contributed by atoms with Gasteiger partial charge in [-0.15, -0.1) is 10.2 Å². The first-order valence-corrected chi connectivity index (χ1v) is 13.3. The van der Waals surface area contributed by atoms with Crippen LogP contribution in [0.1, 0.15) is 82.9 Å². The molecule has 30 heavy (non-hydrogen) atoms. The third kappa shape index (κ3) is 2.99. The van der Waals surface area contributed by atoms with Gasteiger partial charge in [0, 0.05) is 11.0 Å². The molecule has 0 atom stereocenters. The Morgan fingerprint density at radius 2 is 1.33 bits per heavy atom. The molecular formula is C24H33N3O2S. The molecule has 8 aliphatic rings. The van der Waals surface area contributed by atoms with Gasteiger partial charge in [0.2, 0.25) is 11.8 Å². The smallest absolute Gasteiger partial charge is 0.277 e. The third-order valence-electron chi connectivity index (χ3n) is 9.67. The van der Waals surface area contributed by atoms with E-state index < -0.39 is 0 Å². The van der Waals surface area contributed by atoms with Crippen LogP contribution in [0.15, 0.2) is 9.64 Å². The Morgan fingerprint density at radius 3 is 1.87 bits per heavy atom. The molecular weight excluding hydrogens is 394 g/mol. The van der Waals surface area contributed by atoms with Gasteiger partial charge in [0.05, 0.1) is 5.75 Å². The van der Waals surface area contributed by atoms with Gasteiger partial charge in [-0.2, -0.15) is 0 Å². The van der Waals surface area contributed by atoms with E-state index in [0.29, 0.717) is 11.0 Å². The zero-order valence-corrected chi connectivity index (χ0v) is 18.6. The monoisotopic (exact) mass is 427 g/mol. The second-order valence-electron chi connectivity index (χ2n) is 12.1. The number of rotatable bonds is 5. The van der Waals surface area contributed by atoms with Crippen molar-refractivity contribution in [3.63, 3.8) is 0 Å². The molecule has 8 saturated carbocycles. The summed E-state index contributed by atoms with van der Waals surface area (Å²) in [6, 6.07) is 0. The van der Waals surface area contributed by atoms with Crippen molar-refractivity contribution < 1.29 is 9.21 Å². The van der Waals surface area contributed by atoms with Gasteiger partial charge in [-0.25, -0.2) is 0 Å². The van der Waals surface area contributed by atoms with Crippen LogP contribution in [0, 0.1) is 35.5 Å². The van der Waals surface area contributed by atoms with Crippen LogP contribution in [-0.4, -0.2) is 27.4 Å². The van der Waals surface area contributed by atoms with Crippen LogP contribution in [0.5, 0.6) is 0 Å². The van der Waals surface area contributed by atoms with Crippen molar-refractivity contribution in [2.75, 3.05) is 5.75 Å². The van der Waals surface area contributed by atoms with E-state index in [2.05, 4.69) is 15.5 Å². The summed E-state index contributed by atoms with van der Waals surface area (Å²) >= 11 is 1.43. The van der Waals surface area contributed by atoms with Gasteiger partial charge in [-0.1, -0.05) is 11.8 Å². The van der Waals surface area contributed by atoms with Crippen LogP contribution in [0.2, 0.25) is 0 Å². The molecule has 0 spiro atoms. The molecule has 6 heteroatoms. The Bertz CT molecular complexity index is 794. The zero-order chi connectivity index (χ0) is 19.9. The first-order chi connectivity index (χ1) is 14.5. The summed E-state index contributed by atoms with van der Waals surface area (Å²) in [6.07, 6.45) is 15.8. The first-order valence-electron chi connectivity index (χ1n) is 12.3. The lowest BCUT2D eigenvalue weighted by Gasteiger charge is -2.56. The second-order valence-corrected chi connectivity index (χ2v) is 13.0. The fraction of sp³-hybridized carbons (Fsp3) is 0.875. The highest BCUT2D eigenvalue weighted by atomic mass is 32.2. The predicted octanol–water partition coefficient (Wildman–Crippen LogP) is 4.71. The number of carbonyl (C=O) groups is 1. The first kappa shape index (κ1) is 18.5. The van der Waals surface area contributed by atoms with Gasteiger partial charge in [0.15, 0.2) is 0 Å². The molecule has 8 bridgehead atoms. The lowest BCUT2D eigenvalue weighted by molar-refractivity contribution is -0.124. The Balaban J connectivity index is 0.998. The highest BCUT2D eigenvalue weighted by Gasteiger charge is 2.54. The van der Waals surface area contributed by atoms with Crippen molar-refractivity contribution in [3.05, 3.63) is 5.89 Å². The number of aromatic nitrogens is 2. The number of nitrogens with one attached hydrogen (secondary N) is 1. The van der Waals surface area contributed by atoms with Gasteiger partial charge in [0.25, 0.3) is 5.22 Å². The van der Waals surface area contributed by atoms with Gasteiger partial charge >= 0.3 is 0 Å². The normalized spacial score (nSPS) is 47.7. The Kier molecular flexibility index (Phi) is 4.01. The topological polar surface area (TPSA) is 68.0 Å². The van der Waals surface area contributed by atoms with Crippen molar-refractivity contribution in [2.24, 2.45) is 35.5 Å². The van der Waals surface area contributed by atoms with Crippen molar-refractivity contribution in [2.45, 2.75) is 93.2 Å². The minimum absolute atomic E-state index is 0.0889. The number of hydrogen-bond acceptors (Lipinski definition) is 5. The minimum atomic E-state index is 0.0889. The molecule has 0 saturated heterocycles. The SMILES string of the molecule is O=C(CSc1nnc(C23CC4CC(CC(C4)C2)C3)o1)NC12CC3CC(CC(C3)C1)C2. The number of carbonyl (C=O) groups excluding carboxylic acids is 1. The lowest BCUT2D eigenvalue weighted by atomic mass is 9.49. The molecule has 5 nitrogen and oxygen atoms in total. The molecule has 0 radical (unpaired) electrons. The molecule has 8 aliphatic carbocycles. The largest absolute Gasteiger partial charge is 0.415 e. The van der Waals surface area contributed by atoms with Crippen LogP contribution >= 0.6 is 11.8 Å². The van der Waals surface area contributed by atoms with Crippen LogP contribution in [0.4, 0.5) is 0 Å². The third-order valence-corrected chi connectivity index (χ3v) is 10.5. The van der Waals surface area contributed by atoms with E-state index in [1.165, 1.54) is 88.8 Å². The maximum atomic E-state index is 12.8. The molecule has 8 fully saturated rings. The van der Waals surface area contributed by atoms with Gasteiger partial charge in [-0.3, -0.25) is 4.79 Å². The average Bonchev–Trinajstić information content (AvgIpc) is 3.14. The molecule has 0 unspecified atom stereocenters. The molecule has 1 amide bonds. The fourth-order valence-corrected chi connectivity index (χ4v) is 10.1. The summed E-state index contributed by atoms with van der Waals surface area (Å²) in [4.78, 5) is 12.8. The highest BCUT2D eigenvalue weighted by Crippen LogP contribution is 2.60. The maximum absolute atomic E-state index is 12.8. The van der Waals surface area contributed by atoms with E-state index >= 15 is 0 Å². The van der Waals surface area contributed by atoms with E-state index in [1.54, 1.807) is 0 Å². The van der Waals surface area contributed by atoms with E-state index in [9.17, 15) is 4.79 Å². The minimum Gasteiger partial charge on any atom is -0.415 e. The quantitative estimate of drug-likeness (QED) is 0.689. The van der Waals surface area contributed by atoms with Gasteiger partial charge in [0.1, 0.15) is 0 Å². The van der Waals surface area contributed by atoms with E-state index in [1.807, 2.05) is 0 Å². The standard InChI is InChI=1S/C24H33N3O2S/c28-20(25-24-10-17-4-18(11-24)6-19(5-17)12-24)13-30-22-27-26-21(29-22)23-7-14-1-15(8-23)3-16(2-14)9-23/h14-19H,1-13H2,(H,25,28). The molecule has 1 aromatic rings. The Morgan fingerprint density at radius 1 is 0.833 bits per heavy atom. The van der Waals surface area contributed by atoms with Crippen molar-refractivity contribution >= 4 is 17.7 Å². The molecule has 1 aromatic heterocycles. The summed E-state index contributed by atoms with van der Waals surface area (Å²) in [5.41, 5.74) is 0.230. The van der Waals surface area contributed by atoms with Crippen molar-refractivity contribution in [3.8, 4) is 0 Å². The van der Waals surface area contributed by atoms with Crippen LogP contribution in [0.25, 0.3) is 0 Å². The van der Waals surface area contributed by atoms with E-state index in [-0.39, 0.29) is 16.9 Å². The summed E-state index contributed by atoms with van der Waals surface area (Å²) in [5, 5.41) is 12.9. The van der Waals surface area contributed by atoms with Crippen molar-refractivity contribution in [1.82, 2.24) is 15.5 Å². The van der Waals surface area contributed by atoms with E-state index in [0.717, 1.165) is 41.4 Å². The van der Waals surface area contributed by atoms with Crippen LogP contribution in [-0.2, 0) is 10.2 Å². The summed E-state index contributed by atoms with van der Waals surface area (Å²) in [5.74, 6) is 6.56. The maximum Gasteiger partial charge on any atom is 0.277 e. The number of hydrogen-bond donors (Lipinski definition) is 1. The molecule has 1 N–H and O–H groups in total. The Labute approximate surface area is 182 Å². The molecule has 0 aromatic carbocycles. The zero-order valence-electron chi connectivity index (χ0n) is 17.8.